The Balaban J connectivity index is 1.80. The maximum absolute atomic E-state index is 11.9. The number of carbonyl (C=O) groups excluding carboxylic acids is 1. The fourth-order valence-electron chi connectivity index (χ4n) is 4.19. The summed E-state index contributed by atoms with van der Waals surface area (Å²) >= 11 is 0. The molecule has 5 nitrogen and oxygen atoms in total. The van der Waals surface area contributed by atoms with E-state index in [1.807, 2.05) is 37.3 Å². The minimum atomic E-state index is -1.83. The second-order valence-electron chi connectivity index (χ2n) is 9.40. The molecular weight excluding hydrogens is 430 g/mol. The van der Waals surface area contributed by atoms with Crippen molar-refractivity contribution in [3.8, 4) is 0 Å². The highest BCUT2D eigenvalue weighted by Gasteiger charge is 2.44. The number of hydrogen-bond donors (Lipinski definition) is 0. The van der Waals surface area contributed by atoms with Crippen molar-refractivity contribution in [1.82, 2.24) is 4.90 Å². The summed E-state index contributed by atoms with van der Waals surface area (Å²) in [6.07, 6.45) is 4.05. The van der Waals surface area contributed by atoms with Crippen molar-refractivity contribution in [2.75, 3.05) is 13.2 Å². The smallest absolute Gasteiger partial charge is 0.330 e. The first-order chi connectivity index (χ1) is 15.9. The molecule has 0 amide bonds. The third kappa shape index (κ3) is 8.23. The fourth-order valence-corrected chi connectivity index (χ4v) is 5.32. The summed E-state index contributed by atoms with van der Waals surface area (Å²) in [7, 11) is -1.83. The molecule has 1 fully saturated rings. The molecule has 1 aliphatic rings. The van der Waals surface area contributed by atoms with Crippen molar-refractivity contribution in [2.24, 2.45) is 0 Å². The first-order valence-electron chi connectivity index (χ1n) is 11.8. The summed E-state index contributed by atoms with van der Waals surface area (Å²) in [5.74, 6) is -0.301. The van der Waals surface area contributed by atoms with Crippen LogP contribution < -0.4 is 0 Å². The summed E-state index contributed by atoms with van der Waals surface area (Å²) < 4.78 is 18.2. The van der Waals surface area contributed by atoms with Gasteiger partial charge in [-0.2, -0.15) is 0 Å². The van der Waals surface area contributed by atoms with Gasteiger partial charge >= 0.3 is 5.97 Å². The molecule has 2 aromatic carbocycles. The van der Waals surface area contributed by atoms with Crippen LogP contribution in [0.5, 0.6) is 0 Å². The van der Waals surface area contributed by atoms with Crippen LogP contribution in [-0.2, 0) is 31.8 Å². The molecule has 0 spiro atoms. The zero-order chi connectivity index (χ0) is 23.7. The number of hydrogen-bond acceptors (Lipinski definition) is 5. The van der Waals surface area contributed by atoms with Crippen molar-refractivity contribution in [1.29, 1.82) is 0 Å². The van der Waals surface area contributed by atoms with Crippen molar-refractivity contribution in [3.05, 3.63) is 83.9 Å². The largest absolute Gasteiger partial charge is 0.463 e. The molecule has 0 aliphatic carbocycles. The number of carbonyl (C=O) groups is 1. The van der Waals surface area contributed by atoms with Crippen molar-refractivity contribution in [2.45, 2.75) is 64.4 Å². The highest BCUT2D eigenvalue weighted by atomic mass is 28.4. The van der Waals surface area contributed by atoms with E-state index in [4.69, 9.17) is 13.9 Å². The average molecular weight is 468 g/mol. The zero-order valence-corrected chi connectivity index (χ0v) is 21.3. The number of rotatable bonds is 11. The third-order valence-electron chi connectivity index (χ3n) is 5.57. The predicted molar refractivity (Wildman–Crippen MR) is 134 cm³/mol. The average Bonchev–Trinajstić information content (AvgIpc) is 3.08. The SMILES string of the molecule is CCOC(=O)/C=C/C[C@@H]1[C@@H](O[Si](C)(C)C)[C@H](OCc2ccccc2)CN1Cc1ccccc1. The number of nitrogens with zero attached hydrogens (tertiary/aromatic N) is 1. The minimum Gasteiger partial charge on any atom is -0.463 e. The lowest BCUT2D eigenvalue weighted by Crippen LogP contribution is -2.44. The van der Waals surface area contributed by atoms with E-state index in [1.165, 1.54) is 11.6 Å². The Hall–Kier alpha value is -2.25. The fraction of sp³-hybridized carbons (Fsp3) is 0.444. The molecule has 178 valence electrons. The third-order valence-corrected chi connectivity index (χ3v) is 6.55. The Morgan fingerprint density at radius 3 is 2.27 bits per heavy atom. The number of likely N-dealkylation sites (tertiary alicyclic amines) is 1. The van der Waals surface area contributed by atoms with Gasteiger partial charge in [-0.3, -0.25) is 4.90 Å². The van der Waals surface area contributed by atoms with Crippen LogP contribution in [0.15, 0.2) is 72.8 Å². The van der Waals surface area contributed by atoms with E-state index in [9.17, 15) is 4.79 Å². The molecule has 1 saturated heterocycles. The Kier molecular flexibility index (Phi) is 9.44. The van der Waals surface area contributed by atoms with E-state index in [0.29, 0.717) is 19.6 Å². The monoisotopic (exact) mass is 467 g/mol. The molecule has 0 aromatic heterocycles. The number of esters is 1. The molecular formula is C27H37NO4Si. The van der Waals surface area contributed by atoms with Crippen LogP contribution in [-0.4, -0.2) is 50.6 Å². The highest BCUT2D eigenvalue weighted by molar-refractivity contribution is 6.69. The molecule has 0 radical (unpaired) electrons. The lowest BCUT2D eigenvalue weighted by atomic mass is 10.1. The second kappa shape index (κ2) is 12.3. The molecule has 2 aromatic rings. The topological polar surface area (TPSA) is 48.0 Å². The normalized spacial score (nSPS) is 21.5. The molecule has 3 rings (SSSR count). The van der Waals surface area contributed by atoms with Gasteiger partial charge in [-0.15, -0.1) is 0 Å². The maximum Gasteiger partial charge on any atom is 0.330 e. The standard InChI is InChI=1S/C27H37NO4Si/c1-5-30-26(29)18-12-17-24-27(32-33(2,3)4)25(31-21-23-15-10-7-11-16-23)20-28(24)19-22-13-8-6-9-14-22/h6-16,18,24-25,27H,5,17,19-21H2,1-4H3/b18-12+/t24-,25-,27-/m1/s1. The van der Waals surface area contributed by atoms with E-state index in [0.717, 1.165) is 18.7 Å². The van der Waals surface area contributed by atoms with E-state index < -0.39 is 8.32 Å². The molecule has 1 aliphatic heterocycles. The van der Waals surface area contributed by atoms with Gasteiger partial charge in [-0.05, 0) is 44.1 Å². The Morgan fingerprint density at radius 2 is 1.67 bits per heavy atom. The van der Waals surface area contributed by atoms with Gasteiger partial charge in [0.15, 0.2) is 8.32 Å². The molecule has 0 bridgehead atoms. The van der Waals surface area contributed by atoms with Crippen molar-refractivity contribution < 1.29 is 18.7 Å². The van der Waals surface area contributed by atoms with Crippen LogP contribution >= 0.6 is 0 Å². The van der Waals surface area contributed by atoms with Crippen LogP contribution in [0.1, 0.15) is 24.5 Å². The van der Waals surface area contributed by atoms with Gasteiger partial charge in [0.1, 0.15) is 0 Å². The zero-order valence-electron chi connectivity index (χ0n) is 20.3. The van der Waals surface area contributed by atoms with Gasteiger partial charge in [-0.25, -0.2) is 4.79 Å². The van der Waals surface area contributed by atoms with Crippen molar-refractivity contribution in [3.63, 3.8) is 0 Å². The summed E-state index contributed by atoms with van der Waals surface area (Å²) in [6.45, 7) is 11.0. The van der Waals surface area contributed by atoms with Crippen LogP contribution in [0.3, 0.4) is 0 Å². The van der Waals surface area contributed by atoms with E-state index in [-0.39, 0.29) is 24.2 Å². The first kappa shape index (κ1) is 25.4. The van der Waals surface area contributed by atoms with E-state index >= 15 is 0 Å². The molecule has 0 N–H and O–H groups in total. The van der Waals surface area contributed by atoms with Crippen molar-refractivity contribution >= 4 is 14.3 Å². The lowest BCUT2D eigenvalue weighted by Gasteiger charge is -2.32. The molecule has 3 atom stereocenters. The highest BCUT2D eigenvalue weighted by Crippen LogP contribution is 2.31. The Labute approximate surface area is 199 Å². The van der Waals surface area contributed by atoms with Gasteiger partial charge in [0, 0.05) is 25.2 Å². The van der Waals surface area contributed by atoms with E-state index in [2.05, 4.69) is 60.9 Å². The summed E-state index contributed by atoms with van der Waals surface area (Å²) in [4.78, 5) is 14.3. The summed E-state index contributed by atoms with van der Waals surface area (Å²) in [5, 5.41) is 0. The lowest BCUT2D eigenvalue weighted by molar-refractivity contribution is -0.137. The van der Waals surface area contributed by atoms with Gasteiger partial charge < -0.3 is 13.9 Å². The van der Waals surface area contributed by atoms with Gasteiger partial charge in [0.25, 0.3) is 0 Å². The molecule has 0 unspecified atom stereocenters. The minimum absolute atomic E-state index is 0.0402. The summed E-state index contributed by atoms with van der Waals surface area (Å²) in [6, 6.07) is 20.9. The Bertz CT molecular complexity index is 882. The first-order valence-corrected chi connectivity index (χ1v) is 15.2. The number of benzene rings is 2. The summed E-state index contributed by atoms with van der Waals surface area (Å²) in [5.41, 5.74) is 2.41. The van der Waals surface area contributed by atoms with Crippen LogP contribution in [0, 0.1) is 0 Å². The van der Waals surface area contributed by atoms with Crippen LogP contribution in [0.25, 0.3) is 0 Å². The maximum atomic E-state index is 11.9. The molecule has 1 heterocycles. The van der Waals surface area contributed by atoms with Crippen LogP contribution in [0.4, 0.5) is 0 Å². The molecule has 33 heavy (non-hydrogen) atoms. The van der Waals surface area contributed by atoms with Crippen LogP contribution in [0.2, 0.25) is 19.6 Å². The Morgan fingerprint density at radius 1 is 1.03 bits per heavy atom. The second-order valence-corrected chi connectivity index (χ2v) is 13.9. The molecule has 6 heteroatoms. The number of ether oxygens (including phenoxy) is 2. The van der Waals surface area contributed by atoms with Gasteiger partial charge in [0.05, 0.1) is 25.4 Å². The quantitative estimate of drug-likeness (QED) is 0.259. The predicted octanol–water partition coefficient (Wildman–Crippen LogP) is 5.19. The van der Waals surface area contributed by atoms with Gasteiger partial charge in [0.2, 0.25) is 0 Å². The van der Waals surface area contributed by atoms with E-state index in [1.54, 1.807) is 0 Å². The molecule has 0 saturated carbocycles. The van der Waals surface area contributed by atoms with Gasteiger partial charge in [-0.1, -0.05) is 66.7 Å².